The molecule has 110 valence electrons. The van der Waals surface area contributed by atoms with Crippen molar-refractivity contribution in [3.63, 3.8) is 0 Å². The van der Waals surface area contributed by atoms with Gasteiger partial charge in [0, 0.05) is 11.7 Å². The molecular formula is C17H26N2O. The molecule has 1 aromatic rings. The predicted octanol–water partition coefficient (Wildman–Crippen LogP) is 3.44. The fourth-order valence-electron chi connectivity index (χ4n) is 2.94. The van der Waals surface area contributed by atoms with E-state index in [0.717, 1.165) is 17.2 Å². The van der Waals surface area contributed by atoms with Gasteiger partial charge < -0.3 is 5.32 Å². The zero-order chi connectivity index (χ0) is 14.5. The Morgan fingerprint density at radius 2 is 1.90 bits per heavy atom. The molecule has 1 aliphatic rings. The fourth-order valence-corrected chi connectivity index (χ4v) is 2.94. The van der Waals surface area contributed by atoms with Crippen molar-refractivity contribution in [1.29, 1.82) is 0 Å². The van der Waals surface area contributed by atoms with E-state index in [0.29, 0.717) is 12.6 Å². The summed E-state index contributed by atoms with van der Waals surface area (Å²) in [5.74, 6) is 0.931. The summed E-state index contributed by atoms with van der Waals surface area (Å²) in [7, 11) is 2.07. The van der Waals surface area contributed by atoms with E-state index in [1.807, 2.05) is 31.2 Å². The molecule has 1 fully saturated rings. The number of hydrogen-bond acceptors (Lipinski definition) is 2. The maximum atomic E-state index is 12.1. The van der Waals surface area contributed by atoms with Crippen molar-refractivity contribution >= 4 is 11.6 Å². The Balaban J connectivity index is 1.84. The highest BCUT2D eigenvalue weighted by Crippen LogP contribution is 2.26. The van der Waals surface area contributed by atoms with Gasteiger partial charge in [-0.2, -0.15) is 0 Å². The van der Waals surface area contributed by atoms with E-state index in [9.17, 15) is 4.79 Å². The summed E-state index contributed by atoms with van der Waals surface area (Å²) >= 11 is 0. The number of anilines is 1. The molecule has 0 bridgehead atoms. The summed E-state index contributed by atoms with van der Waals surface area (Å²) < 4.78 is 0. The van der Waals surface area contributed by atoms with Crippen molar-refractivity contribution in [1.82, 2.24) is 4.90 Å². The average molecular weight is 274 g/mol. The van der Waals surface area contributed by atoms with Crippen LogP contribution < -0.4 is 5.32 Å². The number of nitrogens with one attached hydrogen (secondary N) is 1. The molecule has 0 spiro atoms. The number of nitrogens with zero attached hydrogens (tertiary/aromatic N) is 1. The van der Waals surface area contributed by atoms with E-state index >= 15 is 0 Å². The minimum Gasteiger partial charge on any atom is -0.325 e. The van der Waals surface area contributed by atoms with Gasteiger partial charge >= 0.3 is 0 Å². The smallest absolute Gasteiger partial charge is 0.238 e. The Hall–Kier alpha value is -1.35. The van der Waals surface area contributed by atoms with Gasteiger partial charge in [0.1, 0.15) is 0 Å². The molecule has 1 aromatic carbocycles. The number of amides is 1. The number of carbonyl (C=O) groups is 1. The second-order valence-electron chi connectivity index (χ2n) is 6.19. The molecule has 2 rings (SSSR count). The van der Waals surface area contributed by atoms with Gasteiger partial charge in [-0.1, -0.05) is 25.1 Å². The van der Waals surface area contributed by atoms with E-state index in [-0.39, 0.29) is 5.91 Å². The molecule has 0 saturated heterocycles. The number of para-hydroxylation sites is 1. The first-order valence-electron chi connectivity index (χ1n) is 7.62. The molecule has 3 heteroatoms. The lowest BCUT2D eigenvalue weighted by Crippen LogP contribution is -2.39. The molecule has 1 aliphatic carbocycles. The monoisotopic (exact) mass is 274 g/mol. The van der Waals surface area contributed by atoms with E-state index in [4.69, 9.17) is 0 Å². The molecule has 1 saturated carbocycles. The van der Waals surface area contributed by atoms with Crippen molar-refractivity contribution in [2.24, 2.45) is 5.92 Å². The van der Waals surface area contributed by atoms with Crippen LogP contribution in [0.4, 0.5) is 5.69 Å². The highest BCUT2D eigenvalue weighted by atomic mass is 16.2. The van der Waals surface area contributed by atoms with Crippen LogP contribution >= 0.6 is 0 Å². The van der Waals surface area contributed by atoms with Crippen LogP contribution in [0.25, 0.3) is 0 Å². The van der Waals surface area contributed by atoms with Gasteiger partial charge in [-0.05, 0) is 57.2 Å². The van der Waals surface area contributed by atoms with Gasteiger partial charge in [0.05, 0.1) is 6.54 Å². The lowest BCUT2D eigenvalue weighted by molar-refractivity contribution is -0.117. The zero-order valence-electron chi connectivity index (χ0n) is 12.9. The molecule has 0 aromatic heterocycles. The number of rotatable bonds is 4. The second-order valence-corrected chi connectivity index (χ2v) is 6.19. The predicted molar refractivity (Wildman–Crippen MR) is 83.9 cm³/mol. The third-order valence-corrected chi connectivity index (χ3v) is 4.42. The molecule has 20 heavy (non-hydrogen) atoms. The first kappa shape index (κ1) is 15.0. The van der Waals surface area contributed by atoms with Gasteiger partial charge in [0.2, 0.25) is 5.91 Å². The van der Waals surface area contributed by atoms with Crippen LogP contribution in [-0.2, 0) is 4.79 Å². The lowest BCUT2D eigenvalue weighted by Gasteiger charge is -2.33. The molecule has 0 unspecified atom stereocenters. The average Bonchev–Trinajstić information content (AvgIpc) is 2.42. The summed E-state index contributed by atoms with van der Waals surface area (Å²) in [4.78, 5) is 14.3. The summed E-state index contributed by atoms with van der Waals surface area (Å²) in [5, 5.41) is 3.01. The van der Waals surface area contributed by atoms with Crippen molar-refractivity contribution < 1.29 is 4.79 Å². The highest BCUT2D eigenvalue weighted by molar-refractivity contribution is 5.92. The van der Waals surface area contributed by atoms with Crippen molar-refractivity contribution in [2.45, 2.75) is 45.6 Å². The Morgan fingerprint density at radius 1 is 1.25 bits per heavy atom. The van der Waals surface area contributed by atoms with Crippen LogP contribution in [0.15, 0.2) is 24.3 Å². The van der Waals surface area contributed by atoms with Crippen LogP contribution in [0.5, 0.6) is 0 Å². The van der Waals surface area contributed by atoms with Crippen molar-refractivity contribution in [3.05, 3.63) is 29.8 Å². The third-order valence-electron chi connectivity index (χ3n) is 4.42. The molecular weight excluding hydrogens is 248 g/mol. The highest BCUT2D eigenvalue weighted by Gasteiger charge is 2.22. The van der Waals surface area contributed by atoms with Crippen molar-refractivity contribution in [3.8, 4) is 0 Å². The molecule has 1 N–H and O–H groups in total. The van der Waals surface area contributed by atoms with Gasteiger partial charge in [-0.15, -0.1) is 0 Å². The van der Waals surface area contributed by atoms with Crippen LogP contribution in [0.3, 0.4) is 0 Å². The minimum absolute atomic E-state index is 0.0837. The van der Waals surface area contributed by atoms with Crippen LogP contribution in [0, 0.1) is 12.8 Å². The normalized spacial score (nSPS) is 22.8. The SMILES string of the molecule is Cc1ccccc1NC(=O)CN(C)C1CCC(C)CC1. The van der Waals surface area contributed by atoms with Crippen LogP contribution in [0.2, 0.25) is 0 Å². The lowest BCUT2D eigenvalue weighted by atomic mass is 9.87. The summed E-state index contributed by atoms with van der Waals surface area (Å²) in [5.41, 5.74) is 2.03. The maximum Gasteiger partial charge on any atom is 0.238 e. The first-order chi connectivity index (χ1) is 9.56. The minimum atomic E-state index is 0.0837. The van der Waals surface area contributed by atoms with E-state index < -0.39 is 0 Å². The van der Waals surface area contributed by atoms with Gasteiger partial charge in [0.15, 0.2) is 0 Å². The van der Waals surface area contributed by atoms with E-state index in [1.54, 1.807) is 0 Å². The van der Waals surface area contributed by atoms with Gasteiger partial charge in [-0.25, -0.2) is 0 Å². The Labute approximate surface area is 122 Å². The Morgan fingerprint density at radius 3 is 2.55 bits per heavy atom. The molecule has 0 radical (unpaired) electrons. The number of benzene rings is 1. The topological polar surface area (TPSA) is 32.3 Å². The maximum absolute atomic E-state index is 12.1. The number of likely N-dealkylation sites (N-methyl/N-ethyl adjacent to an activating group) is 1. The number of hydrogen-bond donors (Lipinski definition) is 1. The second kappa shape index (κ2) is 6.89. The Kier molecular flexibility index (Phi) is 5.18. The summed E-state index contributed by atoms with van der Waals surface area (Å²) in [6.45, 7) is 4.82. The van der Waals surface area contributed by atoms with Gasteiger partial charge in [0.25, 0.3) is 0 Å². The number of carbonyl (C=O) groups excluding carboxylic acids is 1. The quantitative estimate of drug-likeness (QED) is 0.912. The number of aryl methyl sites for hydroxylation is 1. The first-order valence-corrected chi connectivity index (χ1v) is 7.62. The Bertz CT molecular complexity index is 450. The largest absolute Gasteiger partial charge is 0.325 e. The molecule has 1 amide bonds. The summed E-state index contributed by atoms with van der Waals surface area (Å²) in [6, 6.07) is 8.47. The molecule has 0 aliphatic heterocycles. The van der Waals surface area contributed by atoms with Crippen LogP contribution in [-0.4, -0.2) is 30.4 Å². The van der Waals surface area contributed by atoms with Gasteiger partial charge in [-0.3, -0.25) is 9.69 Å². The molecule has 3 nitrogen and oxygen atoms in total. The summed E-state index contributed by atoms with van der Waals surface area (Å²) in [6.07, 6.45) is 5.01. The van der Waals surface area contributed by atoms with E-state index in [2.05, 4.69) is 24.2 Å². The van der Waals surface area contributed by atoms with E-state index in [1.165, 1.54) is 25.7 Å². The fraction of sp³-hybridized carbons (Fsp3) is 0.588. The van der Waals surface area contributed by atoms with Crippen molar-refractivity contribution in [2.75, 3.05) is 18.9 Å². The van der Waals surface area contributed by atoms with Crippen LogP contribution in [0.1, 0.15) is 38.2 Å². The third kappa shape index (κ3) is 4.07. The zero-order valence-corrected chi connectivity index (χ0v) is 12.9. The standard InChI is InChI=1S/C17H26N2O/c1-13-8-10-15(11-9-13)19(3)12-17(20)18-16-7-5-4-6-14(16)2/h4-7,13,15H,8-12H2,1-3H3,(H,18,20). The molecule has 0 atom stereocenters. The molecule has 0 heterocycles.